The highest BCUT2D eigenvalue weighted by atomic mass is 16.3. The Kier molecular flexibility index (Phi) is 5.29. The molecule has 1 aromatic rings. The van der Waals surface area contributed by atoms with Crippen molar-refractivity contribution >= 4 is 0 Å². The molecule has 17 heavy (non-hydrogen) atoms. The van der Waals surface area contributed by atoms with Gasteiger partial charge >= 0.3 is 0 Å². The molecule has 1 N–H and O–H groups in total. The van der Waals surface area contributed by atoms with E-state index in [4.69, 9.17) is 5.26 Å². The minimum absolute atomic E-state index is 0.408. The lowest BCUT2D eigenvalue weighted by Crippen LogP contribution is -1.89. The fraction of sp³-hybridized carbons (Fsp3) is 0.400. The van der Waals surface area contributed by atoms with Crippen LogP contribution in [-0.4, -0.2) is 5.11 Å². The molecule has 0 heterocycles. The molecule has 0 radical (unpaired) electrons. The van der Waals surface area contributed by atoms with Gasteiger partial charge in [-0.3, -0.25) is 0 Å². The molecule has 0 aliphatic rings. The predicted molar refractivity (Wildman–Crippen MR) is 69.9 cm³/mol. The summed E-state index contributed by atoms with van der Waals surface area (Å²) in [5.74, 6) is 0.408. The molecule has 0 unspecified atom stereocenters. The van der Waals surface area contributed by atoms with Gasteiger partial charge in [0, 0.05) is 6.08 Å². The Bertz CT molecular complexity index is 418. The average Bonchev–Trinajstić information content (AvgIpc) is 2.30. The van der Waals surface area contributed by atoms with Crippen molar-refractivity contribution in [2.45, 2.75) is 39.5 Å². The Hall–Kier alpha value is -1.75. The van der Waals surface area contributed by atoms with Crippen LogP contribution in [0.25, 0.3) is 0 Å². The quantitative estimate of drug-likeness (QED) is 0.616. The lowest BCUT2D eigenvalue weighted by Gasteiger charge is -2.07. The van der Waals surface area contributed by atoms with E-state index in [-0.39, 0.29) is 0 Å². The molecular formula is C15H19NO. The number of phenols is 1. The first-order valence-electron chi connectivity index (χ1n) is 5.99. The standard InChI is InChI=1S/C15H19NO/c1-12-10-14(11-13(2)15(12)17)8-6-4-3-5-7-9-16/h5,7,10-11,17H,3-4,6,8H2,1-2H3/b7-5-. The van der Waals surface area contributed by atoms with Crippen LogP contribution in [0.4, 0.5) is 0 Å². The highest BCUT2D eigenvalue weighted by Gasteiger charge is 2.02. The topological polar surface area (TPSA) is 44.0 Å². The van der Waals surface area contributed by atoms with Crippen molar-refractivity contribution in [1.29, 1.82) is 5.26 Å². The minimum atomic E-state index is 0.408. The number of unbranched alkanes of at least 4 members (excludes halogenated alkanes) is 2. The molecule has 90 valence electrons. The molecular weight excluding hydrogens is 210 g/mol. The van der Waals surface area contributed by atoms with Crippen LogP contribution in [0.3, 0.4) is 0 Å². The van der Waals surface area contributed by atoms with Crippen molar-refractivity contribution in [3.8, 4) is 11.8 Å². The third-order valence-electron chi connectivity index (χ3n) is 2.83. The molecule has 2 heteroatoms. The molecule has 0 aliphatic carbocycles. The first kappa shape index (κ1) is 13.3. The molecule has 0 fully saturated rings. The van der Waals surface area contributed by atoms with E-state index >= 15 is 0 Å². The van der Waals surface area contributed by atoms with Gasteiger partial charge < -0.3 is 5.11 Å². The Morgan fingerprint density at radius 2 is 1.88 bits per heavy atom. The SMILES string of the molecule is Cc1cc(CCCC/C=C\C#N)cc(C)c1O. The van der Waals surface area contributed by atoms with E-state index in [0.717, 1.165) is 36.8 Å². The number of nitriles is 1. The van der Waals surface area contributed by atoms with E-state index in [9.17, 15) is 5.11 Å². The summed E-state index contributed by atoms with van der Waals surface area (Å²) in [6.07, 6.45) is 7.64. The van der Waals surface area contributed by atoms with Gasteiger partial charge in [0.05, 0.1) is 6.07 Å². The van der Waals surface area contributed by atoms with Gasteiger partial charge in [0.2, 0.25) is 0 Å². The summed E-state index contributed by atoms with van der Waals surface area (Å²) in [6, 6.07) is 6.09. The number of phenolic OH excluding ortho intramolecular Hbond substituents is 1. The highest BCUT2D eigenvalue weighted by molar-refractivity contribution is 5.42. The molecule has 0 atom stereocenters. The predicted octanol–water partition coefficient (Wildman–Crippen LogP) is 3.80. The van der Waals surface area contributed by atoms with Gasteiger partial charge in [-0.2, -0.15) is 5.26 Å². The second-order valence-electron chi connectivity index (χ2n) is 4.36. The van der Waals surface area contributed by atoms with E-state index < -0.39 is 0 Å². The van der Waals surface area contributed by atoms with Crippen LogP contribution in [0.2, 0.25) is 0 Å². The molecule has 0 aliphatic heterocycles. The summed E-state index contributed by atoms with van der Waals surface area (Å²) < 4.78 is 0. The van der Waals surface area contributed by atoms with Gasteiger partial charge in [-0.25, -0.2) is 0 Å². The third kappa shape index (κ3) is 4.32. The van der Waals surface area contributed by atoms with Crippen molar-refractivity contribution in [2.24, 2.45) is 0 Å². The number of nitrogens with zero attached hydrogens (tertiary/aromatic N) is 1. The summed E-state index contributed by atoms with van der Waals surface area (Å²) in [5.41, 5.74) is 3.18. The maximum atomic E-state index is 9.66. The number of rotatable bonds is 5. The Balaban J connectivity index is 2.43. The largest absolute Gasteiger partial charge is 0.507 e. The zero-order chi connectivity index (χ0) is 12.7. The van der Waals surface area contributed by atoms with Crippen LogP contribution >= 0.6 is 0 Å². The number of aryl methyl sites for hydroxylation is 3. The van der Waals surface area contributed by atoms with Crippen LogP contribution in [-0.2, 0) is 6.42 Å². The monoisotopic (exact) mass is 229 g/mol. The van der Waals surface area contributed by atoms with E-state index in [1.165, 1.54) is 11.6 Å². The van der Waals surface area contributed by atoms with Gasteiger partial charge in [0.15, 0.2) is 0 Å². The van der Waals surface area contributed by atoms with E-state index in [2.05, 4.69) is 0 Å². The molecule has 0 spiro atoms. The fourth-order valence-corrected chi connectivity index (χ4v) is 1.92. The average molecular weight is 229 g/mol. The van der Waals surface area contributed by atoms with E-state index in [0.29, 0.717) is 5.75 Å². The minimum Gasteiger partial charge on any atom is -0.507 e. The van der Waals surface area contributed by atoms with Crippen molar-refractivity contribution in [1.82, 2.24) is 0 Å². The number of allylic oxidation sites excluding steroid dienone is 2. The van der Waals surface area contributed by atoms with Crippen LogP contribution in [0.15, 0.2) is 24.3 Å². The Morgan fingerprint density at radius 1 is 1.24 bits per heavy atom. The van der Waals surface area contributed by atoms with E-state index in [1.807, 2.05) is 38.1 Å². The lowest BCUT2D eigenvalue weighted by molar-refractivity contribution is 0.466. The maximum Gasteiger partial charge on any atom is 0.121 e. The second-order valence-corrected chi connectivity index (χ2v) is 4.36. The van der Waals surface area contributed by atoms with Gasteiger partial charge in [-0.1, -0.05) is 18.2 Å². The third-order valence-corrected chi connectivity index (χ3v) is 2.83. The molecule has 1 rings (SSSR count). The van der Waals surface area contributed by atoms with Crippen LogP contribution < -0.4 is 0 Å². The van der Waals surface area contributed by atoms with Gasteiger partial charge in [-0.15, -0.1) is 0 Å². The van der Waals surface area contributed by atoms with Crippen LogP contribution in [0, 0.1) is 25.2 Å². The van der Waals surface area contributed by atoms with E-state index in [1.54, 1.807) is 0 Å². The number of hydrogen-bond donors (Lipinski definition) is 1. The van der Waals surface area contributed by atoms with Gasteiger partial charge in [0.25, 0.3) is 0 Å². The van der Waals surface area contributed by atoms with Gasteiger partial charge in [0.1, 0.15) is 5.75 Å². The highest BCUT2D eigenvalue weighted by Crippen LogP contribution is 2.23. The molecule has 2 nitrogen and oxygen atoms in total. The van der Waals surface area contributed by atoms with Crippen LogP contribution in [0.1, 0.15) is 36.0 Å². The smallest absolute Gasteiger partial charge is 0.121 e. The molecule has 0 saturated heterocycles. The molecule has 0 bridgehead atoms. The van der Waals surface area contributed by atoms with Crippen LogP contribution in [0.5, 0.6) is 5.75 Å². The van der Waals surface area contributed by atoms with Crippen molar-refractivity contribution in [2.75, 3.05) is 0 Å². The Morgan fingerprint density at radius 3 is 2.47 bits per heavy atom. The fourth-order valence-electron chi connectivity index (χ4n) is 1.92. The first-order valence-corrected chi connectivity index (χ1v) is 5.99. The first-order chi connectivity index (χ1) is 8.15. The molecule has 0 saturated carbocycles. The van der Waals surface area contributed by atoms with Crippen molar-refractivity contribution in [3.63, 3.8) is 0 Å². The number of aromatic hydroxyl groups is 1. The molecule has 0 aromatic heterocycles. The van der Waals surface area contributed by atoms with Crippen molar-refractivity contribution < 1.29 is 5.11 Å². The number of hydrogen-bond acceptors (Lipinski definition) is 2. The van der Waals surface area contributed by atoms with Gasteiger partial charge in [-0.05, 0) is 56.2 Å². The zero-order valence-corrected chi connectivity index (χ0v) is 10.5. The van der Waals surface area contributed by atoms with Crippen molar-refractivity contribution in [3.05, 3.63) is 41.0 Å². The molecule has 0 amide bonds. The number of benzene rings is 1. The zero-order valence-electron chi connectivity index (χ0n) is 10.5. The summed E-state index contributed by atoms with van der Waals surface area (Å²) in [5, 5.41) is 18.0. The maximum absolute atomic E-state index is 9.66. The summed E-state index contributed by atoms with van der Waals surface area (Å²) in [6.45, 7) is 3.86. The normalized spacial score (nSPS) is 10.6. The molecule has 1 aromatic carbocycles. The summed E-state index contributed by atoms with van der Waals surface area (Å²) >= 11 is 0. The Labute approximate surface area is 103 Å². The summed E-state index contributed by atoms with van der Waals surface area (Å²) in [4.78, 5) is 0. The lowest BCUT2D eigenvalue weighted by atomic mass is 10.0. The second kappa shape index (κ2) is 6.75. The summed E-state index contributed by atoms with van der Waals surface area (Å²) in [7, 11) is 0.